The quantitative estimate of drug-likeness (QED) is 0.692. The summed E-state index contributed by atoms with van der Waals surface area (Å²) in [5, 5.41) is 2.06. The zero-order chi connectivity index (χ0) is 8.84. The molecule has 2 N–H and O–H groups in total. The fourth-order valence-corrected chi connectivity index (χ4v) is 2.83. The van der Waals surface area contributed by atoms with E-state index in [1.165, 1.54) is 22.4 Å². The molecule has 3 heteroatoms. The summed E-state index contributed by atoms with van der Waals surface area (Å²) in [5.41, 5.74) is 10.7. The van der Waals surface area contributed by atoms with Crippen molar-refractivity contribution >= 4 is 27.2 Å². The van der Waals surface area contributed by atoms with E-state index in [0.717, 1.165) is 24.0 Å². The van der Waals surface area contributed by atoms with Crippen LogP contribution in [0, 0.1) is 0 Å². The van der Waals surface area contributed by atoms with Crippen LogP contribution >= 0.6 is 11.3 Å². The Morgan fingerprint density at radius 1 is 1.38 bits per heavy atom. The van der Waals surface area contributed by atoms with Gasteiger partial charge in [0.1, 0.15) is 0 Å². The van der Waals surface area contributed by atoms with Gasteiger partial charge in [-0.3, -0.25) is 4.98 Å². The van der Waals surface area contributed by atoms with Crippen molar-refractivity contribution in [2.75, 3.05) is 5.73 Å². The molecule has 0 bridgehead atoms. The Morgan fingerprint density at radius 2 is 2.31 bits per heavy atom. The largest absolute Gasteiger partial charge is 0.397 e. The summed E-state index contributed by atoms with van der Waals surface area (Å²) < 4.78 is 1.17. The molecule has 1 aliphatic rings. The number of fused-ring (bicyclic) bond motifs is 2. The molecule has 66 valence electrons. The summed E-state index contributed by atoms with van der Waals surface area (Å²) in [6, 6.07) is 2.05. The lowest BCUT2D eigenvalue weighted by Crippen LogP contribution is -1.96. The minimum absolute atomic E-state index is 0.979. The zero-order valence-corrected chi connectivity index (χ0v) is 8.03. The van der Waals surface area contributed by atoms with Crippen LogP contribution in [0.1, 0.15) is 17.7 Å². The van der Waals surface area contributed by atoms with Gasteiger partial charge in [0.15, 0.2) is 0 Å². The lowest BCUT2D eigenvalue weighted by molar-refractivity contribution is 0.901. The number of rotatable bonds is 0. The highest BCUT2D eigenvalue weighted by atomic mass is 32.1. The van der Waals surface area contributed by atoms with E-state index in [4.69, 9.17) is 5.73 Å². The molecule has 2 aromatic rings. The number of thiophene rings is 1. The van der Waals surface area contributed by atoms with Crippen molar-refractivity contribution in [2.45, 2.75) is 19.3 Å². The third-order valence-electron chi connectivity index (χ3n) is 2.66. The summed E-state index contributed by atoms with van der Waals surface area (Å²) >= 11 is 1.69. The van der Waals surface area contributed by atoms with Gasteiger partial charge in [-0.05, 0) is 36.3 Å². The minimum atomic E-state index is 0.979. The molecule has 0 spiro atoms. The molecule has 0 radical (unpaired) electrons. The third-order valence-corrected chi connectivity index (χ3v) is 3.60. The molecule has 0 fully saturated rings. The molecule has 0 saturated heterocycles. The molecule has 3 rings (SSSR count). The van der Waals surface area contributed by atoms with Crippen LogP contribution in [-0.2, 0) is 12.8 Å². The standard InChI is InChI=1S/C10H10N2S/c11-9-6-2-1-3-7(6)12-8-4-5-13-10(8)9/h4-5H,1-3H2,(H2,11,12). The van der Waals surface area contributed by atoms with Crippen LogP contribution in [-0.4, -0.2) is 4.98 Å². The number of aromatic nitrogens is 1. The fraction of sp³-hybridized carbons (Fsp3) is 0.300. The van der Waals surface area contributed by atoms with Crippen molar-refractivity contribution in [1.29, 1.82) is 0 Å². The van der Waals surface area contributed by atoms with Gasteiger partial charge in [-0.1, -0.05) is 0 Å². The topological polar surface area (TPSA) is 38.9 Å². The Bertz CT molecular complexity index is 473. The van der Waals surface area contributed by atoms with Gasteiger partial charge < -0.3 is 5.73 Å². The van der Waals surface area contributed by atoms with Crippen molar-refractivity contribution < 1.29 is 0 Å². The fourth-order valence-electron chi connectivity index (χ4n) is 2.02. The van der Waals surface area contributed by atoms with E-state index < -0.39 is 0 Å². The van der Waals surface area contributed by atoms with Crippen LogP contribution in [0.25, 0.3) is 10.2 Å². The molecule has 0 saturated carbocycles. The highest BCUT2D eigenvalue weighted by Gasteiger charge is 2.17. The van der Waals surface area contributed by atoms with E-state index in [-0.39, 0.29) is 0 Å². The van der Waals surface area contributed by atoms with E-state index in [9.17, 15) is 0 Å². The van der Waals surface area contributed by atoms with Gasteiger partial charge in [0.2, 0.25) is 0 Å². The third kappa shape index (κ3) is 0.907. The number of nitrogens with zero attached hydrogens (tertiary/aromatic N) is 1. The number of aryl methyl sites for hydroxylation is 1. The SMILES string of the molecule is Nc1c2c(nc3ccsc13)CCC2. The smallest absolute Gasteiger partial charge is 0.0834 e. The molecule has 0 atom stereocenters. The summed E-state index contributed by atoms with van der Waals surface area (Å²) in [5.74, 6) is 0. The molecule has 1 aliphatic carbocycles. The first-order chi connectivity index (χ1) is 6.36. The van der Waals surface area contributed by atoms with Gasteiger partial charge in [0.05, 0.1) is 15.9 Å². The maximum atomic E-state index is 6.09. The molecular weight excluding hydrogens is 180 g/mol. The van der Waals surface area contributed by atoms with Crippen molar-refractivity contribution in [3.05, 3.63) is 22.7 Å². The normalized spacial score (nSPS) is 15.1. The second kappa shape index (κ2) is 2.45. The van der Waals surface area contributed by atoms with Crippen LogP contribution in [0.15, 0.2) is 11.4 Å². The van der Waals surface area contributed by atoms with Gasteiger partial charge >= 0.3 is 0 Å². The molecule has 0 unspecified atom stereocenters. The molecule has 0 aromatic carbocycles. The number of hydrogen-bond donors (Lipinski definition) is 1. The molecule has 0 amide bonds. The van der Waals surface area contributed by atoms with E-state index in [2.05, 4.69) is 16.4 Å². The van der Waals surface area contributed by atoms with Gasteiger partial charge in [0, 0.05) is 5.69 Å². The van der Waals surface area contributed by atoms with Gasteiger partial charge in [-0.25, -0.2) is 0 Å². The Balaban J connectivity index is 2.45. The summed E-state index contributed by atoms with van der Waals surface area (Å²) in [6.07, 6.45) is 3.43. The number of anilines is 1. The van der Waals surface area contributed by atoms with Crippen molar-refractivity contribution in [2.24, 2.45) is 0 Å². The Morgan fingerprint density at radius 3 is 3.23 bits per heavy atom. The van der Waals surface area contributed by atoms with E-state index in [1.807, 2.05) is 0 Å². The maximum absolute atomic E-state index is 6.09. The van der Waals surface area contributed by atoms with E-state index >= 15 is 0 Å². The molecule has 2 nitrogen and oxygen atoms in total. The van der Waals surface area contributed by atoms with Crippen molar-refractivity contribution in [3.63, 3.8) is 0 Å². The van der Waals surface area contributed by atoms with Crippen LogP contribution in [0.5, 0.6) is 0 Å². The van der Waals surface area contributed by atoms with Gasteiger partial charge in [0.25, 0.3) is 0 Å². The van der Waals surface area contributed by atoms with Crippen LogP contribution < -0.4 is 5.73 Å². The summed E-state index contributed by atoms with van der Waals surface area (Å²) in [6.45, 7) is 0. The predicted octanol–water partition coefficient (Wildman–Crippen LogP) is 2.37. The maximum Gasteiger partial charge on any atom is 0.0834 e. The molecular formula is C10H10N2S. The average molecular weight is 190 g/mol. The monoisotopic (exact) mass is 190 g/mol. The molecule has 0 aliphatic heterocycles. The van der Waals surface area contributed by atoms with E-state index in [0.29, 0.717) is 0 Å². The molecule has 13 heavy (non-hydrogen) atoms. The average Bonchev–Trinajstić information content (AvgIpc) is 2.71. The second-order valence-corrected chi connectivity index (χ2v) is 4.36. The molecule has 2 heterocycles. The second-order valence-electron chi connectivity index (χ2n) is 3.44. The Hall–Kier alpha value is -1.09. The summed E-state index contributed by atoms with van der Waals surface area (Å²) in [7, 11) is 0. The summed E-state index contributed by atoms with van der Waals surface area (Å²) in [4.78, 5) is 4.61. The van der Waals surface area contributed by atoms with Crippen LogP contribution in [0.2, 0.25) is 0 Å². The zero-order valence-electron chi connectivity index (χ0n) is 7.21. The first-order valence-corrected chi connectivity index (χ1v) is 5.38. The van der Waals surface area contributed by atoms with Crippen LogP contribution in [0.4, 0.5) is 5.69 Å². The highest BCUT2D eigenvalue weighted by molar-refractivity contribution is 7.17. The van der Waals surface area contributed by atoms with Crippen molar-refractivity contribution in [1.82, 2.24) is 4.98 Å². The first kappa shape index (κ1) is 7.33. The minimum Gasteiger partial charge on any atom is -0.397 e. The lowest BCUT2D eigenvalue weighted by Gasteiger charge is -2.03. The van der Waals surface area contributed by atoms with Gasteiger partial charge in [-0.15, -0.1) is 11.3 Å². The highest BCUT2D eigenvalue weighted by Crippen LogP contribution is 2.34. The van der Waals surface area contributed by atoms with Gasteiger partial charge in [-0.2, -0.15) is 0 Å². The number of pyridine rings is 1. The number of hydrogen-bond acceptors (Lipinski definition) is 3. The number of nitrogens with two attached hydrogens (primary N) is 1. The Kier molecular flexibility index (Phi) is 1.38. The predicted molar refractivity (Wildman–Crippen MR) is 56.1 cm³/mol. The van der Waals surface area contributed by atoms with Crippen molar-refractivity contribution in [3.8, 4) is 0 Å². The number of nitrogen functional groups attached to an aromatic ring is 1. The lowest BCUT2D eigenvalue weighted by atomic mass is 10.2. The molecule has 2 aromatic heterocycles. The Labute approximate surface area is 80.4 Å². The van der Waals surface area contributed by atoms with E-state index in [1.54, 1.807) is 11.3 Å². The first-order valence-electron chi connectivity index (χ1n) is 4.50. The van der Waals surface area contributed by atoms with Crippen LogP contribution in [0.3, 0.4) is 0 Å².